The van der Waals surface area contributed by atoms with E-state index in [0.29, 0.717) is 0 Å². The first-order valence-corrected chi connectivity index (χ1v) is 11.7. The van der Waals surface area contributed by atoms with Gasteiger partial charge in [0, 0.05) is 65.0 Å². The Hall–Kier alpha value is -4.46. The van der Waals surface area contributed by atoms with Gasteiger partial charge in [0.05, 0.1) is 18.1 Å². The third-order valence-corrected chi connectivity index (χ3v) is 7.08. The Balaban J connectivity index is 1.84. The zero-order valence-electron chi connectivity index (χ0n) is 21.4. The monoisotopic (exact) mass is 479 g/mol. The molecule has 0 aliphatic heterocycles. The molecule has 182 valence electrons. The van der Waals surface area contributed by atoms with Crippen LogP contribution in [0.15, 0.2) is 49.4 Å². The van der Waals surface area contributed by atoms with E-state index < -0.39 is 0 Å². The van der Waals surface area contributed by atoms with Crippen LogP contribution in [0.5, 0.6) is 0 Å². The minimum atomic E-state index is -0.246. The van der Waals surface area contributed by atoms with Crippen LogP contribution in [-0.2, 0) is 18.9 Å². The lowest BCUT2D eigenvalue weighted by molar-refractivity contribution is -0.111. The molecule has 0 aliphatic carbocycles. The Labute approximate surface area is 209 Å². The van der Waals surface area contributed by atoms with Crippen LogP contribution in [0.4, 0.5) is 5.69 Å². The van der Waals surface area contributed by atoms with Crippen molar-refractivity contribution in [3.63, 3.8) is 0 Å². The van der Waals surface area contributed by atoms with Crippen molar-refractivity contribution in [2.45, 2.75) is 27.7 Å². The number of anilines is 1. The maximum absolute atomic E-state index is 12.1. The fraction of sp³-hybridized carbons (Fsp3) is 0.214. The average molecular weight is 480 g/mol. The highest BCUT2D eigenvalue weighted by atomic mass is 16.1. The topological polar surface area (TPSA) is 93.4 Å². The summed E-state index contributed by atoms with van der Waals surface area (Å²) >= 11 is 0. The number of nitrogens with one attached hydrogen (secondary N) is 2. The molecule has 0 aliphatic rings. The number of nitrogens with zero attached hydrogens (tertiary/aromatic N) is 5. The summed E-state index contributed by atoms with van der Waals surface area (Å²) in [6, 6.07) is 6.11. The molecule has 0 radical (unpaired) electrons. The highest BCUT2D eigenvalue weighted by molar-refractivity contribution is 6.07. The molecule has 4 aromatic heterocycles. The minimum absolute atomic E-state index is 0.246. The van der Waals surface area contributed by atoms with Gasteiger partial charge in [-0.15, -0.1) is 0 Å². The summed E-state index contributed by atoms with van der Waals surface area (Å²) in [4.78, 5) is 20.5. The van der Waals surface area contributed by atoms with Crippen LogP contribution in [0, 0.1) is 27.7 Å². The quantitative estimate of drug-likeness (QED) is 0.331. The van der Waals surface area contributed by atoms with Crippen LogP contribution >= 0.6 is 0 Å². The zero-order valence-corrected chi connectivity index (χ0v) is 21.4. The van der Waals surface area contributed by atoms with E-state index in [4.69, 9.17) is 4.98 Å². The molecule has 5 rings (SSSR count). The zero-order chi connectivity index (χ0) is 25.7. The van der Waals surface area contributed by atoms with Crippen molar-refractivity contribution in [3.05, 3.63) is 72.0 Å². The molecule has 1 aromatic carbocycles. The van der Waals surface area contributed by atoms with Gasteiger partial charge in [0.15, 0.2) is 0 Å². The van der Waals surface area contributed by atoms with E-state index in [1.165, 1.54) is 6.08 Å². The van der Waals surface area contributed by atoms with Gasteiger partial charge in [-0.1, -0.05) is 18.7 Å². The molecular formula is C28H29N7O. The van der Waals surface area contributed by atoms with Crippen molar-refractivity contribution in [3.8, 4) is 33.5 Å². The number of hydrogen-bond donors (Lipinski definition) is 2. The fourth-order valence-electron chi connectivity index (χ4n) is 4.67. The number of amides is 1. The Morgan fingerprint density at radius 3 is 2.25 bits per heavy atom. The molecular weight excluding hydrogens is 450 g/mol. The molecule has 5 aromatic rings. The maximum atomic E-state index is 12.1. The van der Waals surface area contributed by atoms with Crippen molar-refractivity contribution in [1.82, 2.24) is 29.5 Å². The Morgan fingerprint density at radius 1 is 0.972 bits per heavy atom. The van der Waals surface area contributed by atoms with E-state index in [9.17, 15) is 4.79 Å². The smallest absolute Gasteiger partial charge is 0.247 e. The molecule has 36 heavy (non-hydrogen) atoms. The SMILES string of the molecule is C=CC(=O)Nc1cc(-c2c(-c3cnn(C)c3C)[nH]c3ncc(-c4cnn(C)c4C)c(C)c23)ccc1C. The van der Waals surface area contributed by atoms with Gasteiger partial charge in [0.2, 0.25) is 5.91 Å². The second kappa shape index (κ2) is 8.64. The predicted octanol–water partition coefficient (Wildman–Crippen LogP) is 5.39. The Morgan fingerprint density at radius 2 is 1.64 bits per heavy atom. The molecule has 0 fully saturated rings. The molecule has 4 heterocycles. The summed E-state index contributed by atoms with van der Waals surface area (Å²) in [6.45, 7) is 11.8. The number of hydrogen-bond acceptors (Lipinski definition) is 4. The average Bonchev–Trinajstić information content (AvgIpc) is 3.51. The van der Waals surface area contributed by atoms with Crippen molar-refractivity contribution in [2.75, 3.05) is 5.32 Å². The number of pyridine rings is 1. The Kier molecular flexibility index (Phi) is 5.59. The summed E-state index contributed by atoms with van der Waals surface area (Å²) < 4.78 is 3.73. The van der Waals surface area contributed by atoms with Gasteiger partial charge in [0.25, 0.3) is 0 Å². The molecule has 0 saturated heterocycles. The number of benzene rings is 1. The number of H-pyrrole nitrogens is 1. The summed E-state index contributed by atoms with van der Waals surface area (Å²) in [5.41, 5.74) is 11.7. The van der Waals surface area contributed by atoms with Crippen molar-refractivity contribution < 1.29 is 4.79 Å². The highest BCUT2D eigenvalue weighted by Crippen LogP contribution is 2.43. The van der Waals surface area contributed by atoms with Crippen molar-refractivity contribution in [1.29, 1.82) is 0 Å². The van der Waals surface area contributed by atoms with Gasteiger partial charge in [-0.25, -0.2) is 4.98 Å². The second-order valence-corrected chi connectivity index (χ2v) is 9.15. The van der Waals surface area contributed by atoms with Crippen LogP contribution < -0.4 is 5.32 Å². The molecule has 8 heteroatoms. The van der Waals surface area contributed by atoms with Gasteiger partial charge in [0.1, 0.15) is 5.65 Å². The fourth-order valence-corrected chi connectivity index (χ4v) is 4.67. The van der Waals surface area contributed by atoms with E-state index in [1.807, 2.05) is 68.0 Å². The van der Waals surface area contributed by atoms with Crippen LogP contribution in [-0.4, -0.2) is 35.4 Å². The number of aromatic amines is 1. The minimum Gasteiger partial charge on any atom is -0.339 e. The van der Waals surface area contributed by atoms with Crippen LogP contribution in [0.1, 0.15) is 22.5 Å². The van der Waals surface area contributed by atoms with E-state index >= 15 is 0 Å². The van der Waals surface area contributed by atoms with Crippen molar-refractivity contribution in [2.24, 2.45) is 14.1 Å². The molecule has 0 unspecified atom stereocenters. The molecule has 1 amide bonds. The number of carbonyl (C=O) groups excluding carboxylic acids is 1. The summed E-state index contributed by atoms with van der Waals surface area (Å²) in [6.07, 6.45) is 6.95. The van der Waals surface area contributed by atoms with Gasteiger partial charge in [-0.2, -0.15) is 10.2 Å². The lowest BCUT2D eigenvalue weighted by Crippen LogP contribution is -2.08. The first-order valence-electron chi connectivity index (χ1n) is 11.7. The normalized spacial score (nSPS) is 11.3. The first-order chi connectivity index (χ1) is 17.2. The lowest BCUT2D eigenvalue weighted by atomic mass is 9.93. The molecule has 8 nitrogen and oxygen atoms in total. The Bertz CT molecular complexity index is 1670. The summed E-state index contributed by atoms with van der Waals surface area (Å²) in [7, 11) is 3.87. The van der Waals surface area contributed by atoms with Crippen molar-refractivity contribution >= 4 is 22.6 Å². The summed E-state index contributed by atoms with van der Waals surface area (Å²) in [5.74, 6) is -0.246. The second-order valence-electron chi connectivity index (χ2n) is 9.15. The van der Waals surface area contributed by atoms with Crippen LogP contribution in [0.3, 0.4) is 0 Å². The standard InChI is InChI=1S/C28H29N7O/c1-8-24(36)32-23-11-19(10-9-15(23)2)26-25-16(3)20(21-13-30-34(6)17(21)4)12-29-28(25)33-27(26)22-14-31-35(7)18(22)5/h8-14H,1H2,2-7H3,(H,29,33)(H,32,36). The van der Waals surface area contributed by atoms with Gasteiger partial charge < -0.3 is 10.3 Å². The maximum Gasteiger partial charge on any atom is 0.247 e. The number of rotatable bonds is 5. The van der Waals surface area contributed by atoms with E-state index in [1.54, 1.807) is 0 Å². The van der Waals surface area contributed by atoms with E-state index in [0.717, 1.165) is 72.7 Å². The number of fused-ring (bicyclic) bond motifs is 1. The highest BCUT2D eigenvalue weighted by Gasteiger charge is 2.23. The largest absolute Gasteiger partial charge is 0.339 e. The van der Waals surface area contributed by atoms with Gasteiger partial charge in [-0.3, -0.25) is 14.2 Å². The predicted molar refractivity (Wildman–Crippen MR) is 144 cm³/mol. The molecule has 2 N–H and O–H groups in total. The molecule has 0 atom stereocenters. The third-order valence-electron chi connectivity index (χ3n) is 7.08. The van der Waals surface area contributed by atoms with E-state index in [2.05, 4.69) is 47.0 Å². The number of aromatic nitrogens is 6. The molecule has 0 bridgehead atoms. The molecule has 0 saturated carbocycles. The van der Waals surface area contributed by atoms with Crippen LogP contribution in [0.25, 0.3) is 44.5 Å². The number of aryl methyl sites for hydroxylation is 4. The molecule has 0 spiro atoms. The summed E-state index contributed by atoms with van der Waals surface area (Å²) in [5, 5.41) is 12.9. The van der Waals surface area contributed by atoms with Gasteiger partial charge >= 0.3 is 0 Å². The first kappa shape index (κ1) is 23.3. The third kappa shape index (κ3) is 3.62. The van der Waals surface area contributed by atoms with E-state index in [-0.39, 0.29) is 5.91 Å². The number of carbonyl (C=O) groups is 1. The lowest BCUT2D eigenvalue weighted by Gasteiger charge is -2.13. The van der Waals surface area contributed by atoms with Gasteiger partial charge in [-0.05, 0) is 56.5 Å². The van der Waals surface area contributed by atoms with Crippen LogP contribution in [0.2, 0.25) is 0 Å².